The fraction of sp³-hybridized carbons (Fsp3) is 0.0714. The Morgan fingerprint density at radius 3 is 2.55 bits per heavy atom. The molecular weight excluding hydrogens is 284 g/mol. The van der Waals surface area contributed by atoms with Crippen LogP contribution in [0.15, 0.2) is 36.4 Å². The third-order valence-corrected chi connectivity index (χ3v) is 3.13. The van der Waals surface area contributed by atoms with E-state index < -0.39 is 11.6 Å². The molecule has 102 valence electrons. The van der Waals surface area contributed by atoms with Crippen LogP contribution in [0.1, 0.15) is 5.82 Å². The lowest BCUT2D eigenvalue weighted by molar-refractivity contribution is 0.510. The molecule has 2 N–H and O–H groups in total. The van der Waals surface area contributed by atoms with E-state index >= 15 is 0 Å². The van der Waals surface area contributed by atoms with Crippen LogP contribution in [-0.4, -0.2) is 9.97 Å². The van der Waals surface area contributed by atoms with Crippen LogP contribution >= 0.6 is 11.6 Å². The third-order valence-electron chi connectivity index (χ3n) is 2.88. The van der Waals surface area contributed by atoms with E-state index in [1.165, 1.54) is 0 Å². The van der Waals surface area contributed by atoms with Crippen molar-refractivity contribution in [1.29, 1.82) is 0 Å². The second-order valence-corrected chi connectivity index (χ2v) is 4.76. The molecule has 0 amide bonds. The fourth-order valence-corrected chi connectivity index (χ4v) is 2.02. The van der Waals surface area contributed by atoms with Gasteiger partial charge in [-0.25, -0.2) is 13.8 Å². The van der Waals surface area contributed by atoms with Gasteiger partial charge in [-0.05, 0) is 24.3 Å². The largest absolute Gasteiger partial charge is 0.378 e. The molecule has 6 heteroatoms. The van der Waals surface area contributed by atoms with E-state index in [1.807, 2.05) is 12.1 Å². The van der Waals surface area contributed by atoms with Crippen LogP contribution in [0.3, 0.4) is 0 Å². The summed E-state index contributed by atoms with van der Waals surface area (Å²) in [4.78, 5) is 7.14. The number of hydrogen-bond donors (Lipinski definition) is 2. The maximum absolute atomic E-state index is 13.1. The Labute approximate surface area is 118 Å². The first kappa shape index (κ1) is 12.9. The number of nitrogens with zero attached hydrogens (tertiary/aromatic N) is 1. The Kier molecular flexibility index (Phi) is 3.28. The summed E-state index contributed by atoms with van der Waals surface area (Å²) in [7, 11) is 0. The molecular formula is C14H10ClF2N3. The second-order valence-electron chi connectivity index (χ2n) is 4.33. The molecule has 0 saturated heterocycles. The molecule has 0 radical (unpaired) electrons. The minimum Gasteiger partial charge on any atom is -0.378 e. The first-order chi connectivity index (χ1) is 9.61. The molecule has 0 bridgehead atoms. The minimum atomic E-state index is -0.902. The highest BCUT2D eigenvalue weighted by Gasteiger charge is 2.08. The minimum absolute atomic E-state index is 0.400. The van der Waals surface area contributed by atoms with Crippen LogP contribution in [0, 0.1) is 11.6 Å². The van der Waals surface area contributed by atoms with E-state index in [9.17, 15) is 8.78 Å². The van der Waals surface area contributed by atoms with Crippen molar-refractivity contribution in [2.45, 2.75) is 6.54 Å². The van der Waals surface area contributed by atoms with Gasteiger partial charge in [0.25, 0.3) is 0 Å². The number of imidazole rings is 1. The maximum Gasteiger partial charge on any atom is 0.161 e. The van der Waals surface area contributed by atoms with Crippen molar-refractivity contribution in [3.05, 3.63) is 58.9 Å². The molecule has 3 nitrogen and oxygen atoms in total. The summed E-state index contributed by atoms with van der Waals surface area (Å²) < 4.78 is 26.2. The molecule has 0 atom stereocenters. The smallest absolute Gasteiger partial charge is 0.161 e. The normalized spacial score (nSPS) is 10.9. The van der Waals surface area contributed by atoms with Gasteiger partial charge in [0.15, 0.2) is 11.6 Å². The van der Waals surface area contributed by atoms with Crippen LogP contribution in [0.25, 0.3) is 11.0 Å². The van der Waals surface area contributed by atoms with Gasteiger partial charge in [-0.15, -0.1) is 0 Å². The lowest BCUT2D eigenvalue weighted by atomic mass is 10.3. The molecule has 0 unspecified atom stereocenters. The summed E-state index contributed by atoms with van der Waals surface area (Å²) in [6.07, 6.45) is 0. The van der Waals surface area contributed by atoms with Crippen molar-refractivity contribution in [2.75, 3.05) is 5.32 Å². The Morgan fingerprint density at radius 1 is 1.10 bits per heavy atom. The van der Waals surface area contributed by atoms with Crippen LogP contribution in [0.5, 0.6) is 0 Å². The molecule has 0 aliphatic heterocycles. The molecule has 20 heavy (non-hydrogen) atoms. The quantitative estimate of drug-likeness (QED) is 0.763. The summed E-state index contributed by atoms with van der Waals surface area (Å²) in [5.41, 5.74) is 1.75. The zero-order valence-electron chi connectivity index (χ0n) is 10.3. The highest BCUT2D eigenvalue weighted by atomic mass is 35.5. The average Bonchev–Trinajstić information content (AvgIpc) is 2.80. The van der Waals surface area contributed by atoms with Crippen molar-refractivity contribution < 1.29 is 8.78 Å². The van der Waals surface area contributed by atoms with Gasteiger partial charge in [0, 0.05) is 22.8 Å². The van der Waals surface area contributed by atoms with Gasteiger partial charge in [-0.3, -0.25) is 0 Å². The van der Waals surface area contributed by atoms with Gasteiger partial charge in [0.05, 0.1) is 17.6 Å². The lowest BCUT2D eigenvalue weighted by Gasteiger charge is -2.03. The lowest BCUT2D eigenvalue weighted by Crippen LogP contribution is -2.00. The van der Waals surface area contributed by atoms with Gasteiger partial charge < -0.3 is 10.3 Å². The van der Waals surface area contributed by atoms with Gasteiger partial charge >= 0.3 is 0 Å². The van der Waals surface area contributed by atoms with Crippen LogP contribution in [-0.2, 0) is 6.54 Å². The molecule has 3 aromatic rings. The summed E-state index contributed by atoms with van der Waals surface area (Å²) >= 11 is 5.79. The zero-order chi connectivity index (χ0) is 14.1. The van der Waals surface area contributed by atoms with Crippen LogP contribution in [0.4, 0.5) is 14.5 Å². The van der Waals surface area contributed by atoms with Gasteiger partial charge in [-0.2, -0.15) is 0 Å². The first-order valence-electron chi connectivity index (χ1n) is 5.95. The molecule has 1 heterocycles. The highest BCUT2D eigenvalue weighted by Crippen LogP contribution is 2.18. The first-order valence-corrected chi connectivity index (χ1v) is 6.33. The zero-order valence-corrected chi connectivity index (χ0v) is 11.0. The summed E-state index contributed by atoms with van der Waals surface area (Å²) in [5.74, 6) is -1.19. The van der Waals surface area contributed by atoms with Gasteiger partial charge in [0.2, 0.25) is 0 Å². The molecule has 0 fully saturated rings. The predicted molar refractivity (Wildman–Crippen MR) is 74.8 cm³/mol. The molecule has 0 saturated carbocycles. The van der Waals surface area contributed by atoms with Gasteiger partial charge in [0.1, 0.15) is 5.82 Å². The van der Waals surface area contributed by atoms with E-state index in [2.05, 4.69) is 15.3 Å². The van der Waals surface area contributed by atoms with Crippen molar-refractivity contribution in [3.8, 4) is 0 Å². The number of halogens is 3. The molecule has 0 aliphatic rings. The monoisotopic (exact) mass is 293 g/mol. The summed E-state index contributed by atoms with van der Waals surface area (Å²) in [5, 5.41) is 3.80. The van der Waals surface area contributed by atoms with Crippen molar-refractivity contribution in [3.63, 3.8) is 0 Å². The molecule has 0 aliphatic carbocycles. The molecule has 2 aromatic carbocycles. The number of aromatic nitrogens is 2. The summed E-state index contributed by atoms with van der Waals surface area (Å²) in [6.45, 7) is 0.416. The number of hydrogen-bond acceptors (Lipinski definition) is 2. The Hall–Kier alpha value is -2.14. The molecule has 0 spiro atoms. The average molecular weight is 294 g/mol. The number of rotatable bonds is 3. The third kappa shape index (κ3) is 2.58. The van der Waals surface area contributed by atoms with Crippen LogP contribution < -0.4 is 5.32 Å². The Balaban J connectivity index is 1.79. The van der Waals surface area contributed by atoms with E-state index in [0.717, 1.165) is 17.8 Å². The van der Waals surface area contributed by atoms with Crippen LogP contribution in [0.2, 0.25) is 5.02 Å². The highest BCUT2D eigenvalue weighted by molar-refractivity contribution is 6.30. The number of benzene rings is 2. The molecule has 1 aromatic heterocycles. The van der Waals surface area contributed by atoms with Crippen molar-refractivity contribution >= 4 is 28.3 Å². The fourth-order valence-electron chi connectivity index (χ4n) is 1.90. The van der Waals surface area contributed by atoms with E-state index in [0.29, 0.717) is 28.4 Å². The topological polar surface area (TPSA) is 40.7 Å². The van der Waals surface area contributed by atoms with E-state index in [-0.39, 0.29) is 0 Å². The van der Waals surface area contributed by atoms with Crippen molar-refractivity contribution in [1.82, 2.24) is 9.97 Å². The van der Waals surface area contributed by atoms with E-state index in [4.69, 9.17) is 11.6 Å². The predicted octanol–water partition coefficient (Wildman–Crippen LogP) is 4.11. The number of nitrogens with one attached hydrogen (secondary N) is 2. The standard InChI is InChI=1S/C14H10ClF2N3/c15-8-1-3-9(4-2-8)18-7-14-19-12-5-10(16)11(17)6-13(12)20-14/h1-6,18H,7H2,(H,19,20). The van der Waals surface area contributed by atoms with E-state index in [1.54, 1.807) is 12.1 Å². The number of fused-ring (bicyclic) bond motifs is 1. The Bertz CT molecular complexity index is 714. The maximum atomic E-state index is 13.1. The van der Waals surface area contributed by atoms with Crippen molar-refractivity contribution in [2.24, 2.45) is 0 Å². The number of H-pyrrole nitrogens is 1. The SMILES string of the molecule is Fc1cc2nc(CNc3ccc(Cl)cc3)[nH]c2cc1F. The van der Waals surface area contributed by atoms with Gasteiger partial charge in [-0.1, -0.05) is 11.6 Å². The Morgan fingerprint density at radius 2 is 1.80 bits per heavy atom. The summed E-state index contributed by atoms with van der Waals surface area (Å²) in [6, 6.07) is 9.39. The number of aromatic amines is 1. The molecule has 3 rings (SSSR count). The number of anilines is 1. The second kappa shape index (κ2) is 5.09.